The molecule has 0 bridgehead atoms. The van der Waals surface area contributed by atoms with Crippen LogP contribution >= 0.6 is 0 Å². The van der Waals surface area contributed by atoms with E-state index in [1.807, 2.05) is 0 Å². The molecule has 12 heavy (non-hydrogen) atoms. The quantitative estimate of drug-likeness (QED) is 0.498. The van der Waals surface area contributed by atoms with Crippen LogP contribution in [0.15, 0.2) is 0 Å². The van der Waals surface area contributed by atoms with E-state index in [1.165, 1.54) is 6.42 Å². The molecular weight excluding hydrogens is 152 g/mol. The summed E-state index contributed by atoms with van der Waals surface area (Å²) in [6.07, 6.45) is 3.37. The Hall–Kier alpha value is -0.520. The first-order valence-electron chi connectivity index (χ1n) is 4.62. The van der Waals surface area contributed by atoms with Crippen molar-refractivity contribution in [2.24, 2.45) is 0 Å². The number of rotatable bonds is 2. The molecule has 0 aromatic heterocycles. The van der Waals surface area contributed by atoms with Crippen LogP contribution in [0.3, 0.4) is 0 Å². The topological polar surface area (TPSA) is 29.5 Å². The molecule has 0 aromatic rings. The van der Waals surface area contributed by atoms with Crippen LogP contribution in [0.4, 0.5) is 0 Å². The first-order valence-corrected chi connectivity index (χ1v) is 4.62. The summed E-state index contributed by atoms with van der Waals surface area (Å²) in [4.78, 5) is 0. The van der Waals surface area contributed by atoms with E-state index < -0.39 is 0 Å². The highest BCUT2D eigenvalue weighted by molar-refractivity contribution is 5.08. The fraction of sp³-hybridized carbons (Fsp3) is 0.800. The molecule has 2 nitrogen and oxygen atoms in total. The Morgan fingerprint density at radius 1 is 1.58 bits per heavy atom. The van der Waals surface area contributed by atoms with Crippen molar-refractivity contribution in [1.82, 2.24) is 0 Å². The van der Waals surface area contributed by atoms with Gasteiger partial charge in [-0.3, -0.25) is 0 Å². The van der Waals surface area contributed by atoms with Gasteiger partial charge in [-0.15, -0.1) is 5.92 Å². The number of aliphatic hydroxyl groups excluding tert-OH is 1. The van der Waals surface area contributed by atoms with Gasteiger partial charge in [0.1, 0.15) is 6.10 Å². The maximum atomic E-state index is 9.32. The van der Waals surface area contributed by atoms with Gasteiger partial charge in [-0.2, -0.15) is 0 Å². The van der Waals surface area contributed by atoms with E-state index in [0.717, 1.165) is 19.3 Å². The third-order valence-corrected chi connectivity index (χ3v) is 1.96. The summed E-state index contributed by atoms with van der Waals surface area (Å²) in [6.45, 7) is 2.79. The second-order valence-electron chi connectivity index (χ2n) is 3.07. The summed E-state index contributed by atoms with van der Waals surface area (Å²) in [5, 5.41) is 9.32. The summed E-state index contributed by atoms with van der Waals surface area (Å²) in [7, 11) is 0. The lowest BCUT2D eigenvalue weighted by Crippen LogP contribution is -2.18. The Bertz CT molecular complexity index is 178. The molecular formula is C10H16O2. The van der Waals surface area contributed by atoms with Crippen LogP contribution in [-0.4, -0.2) is 23.9 Å². The van der Waals surface area contributed by atoms with Gasteiger partial charge in [-0.1, -0.05) is 19.3 Å². The molecule has 1 fully saturated rings. The van der Waals surface area contributed by atoms with Gasteiger partial charge < -0.3 is 9.84 Å². The van der Waals surface area contributed by atoms with Crippen LogP contribution in [-0.2, 0) is 4.74 Å². The summed E-state index contributed by atoms with van der Waals surface area (Å²) < 4.78 is 5.22. The first kappa shape index (κ1) is 9.57. The van der Waals surface area contributed by atoms with Crippen molar-refractivity contribution in [3.05, 3.63) is 0 Å². The van der Waals surface area contributed by atoms with Gasteiger partial charge in [0.05, 0.1) is 12.7 Å². The molecule has 0 aliphatic carbocycles. The Kier molecular flexibility index (Phi) is 4.13. The minimum Gasteiger partial charge on any atom is -0.389 e. The lowest BCUT2D eigenvalue weighted by molar-refractivity contribution is 0.0811. The van der Waals surface area contributed by atoms with E-state index >= 15 is 0 Å². The highest BCUT2D eigenvalue weighted by atomic mass is 16.5. The van der Waals surface area contributed by atoms with Crippen LogP contribution in [0, 0.1) is 11.8 Å². The van der Waals surface area contributed by atoms with Crippen LogP contribution in [0.5, 0.6) is 0 Å². The summed E-state index contributed by atoms with van der Waals surface area (Å²) in [6, 6.07) is 0. The Balaban J connectivity index is 2.22. The van der Waals surface area contributed by atoms with Crippen molar-refractivity contribution in [2.45, 2.75) is 44.8 Å². The summed E-state index contributed by atoms with van der Waals surface area (Å²) >= 11 is 0. The van der Waals surface area contributed by atoms with Crippen molar-refractivity contribution in [1.29, 1.82) is 0 Å². The van der Waals surface area contributed by atoms with Crippen LogP contribution in [0.1, 0.15) is 32.6 Å². The van der Waals surface area contributed by atoms with Crippen molar-refractivity contribution in [2.75, 3.05) is 6.61 Å². The molecule has 1 N–H and O–H groups in total. The fourth-order valence-corrected chi connectivity index (χ4v) is 1.15. The largest absolute Gasteiger partial charge is 0.389 e. The molecule has 0 amide bonds. The highest BCUT2D eigenvalue weighted by Gasteiger charge is 2.23. The van der Waals surface area contributed by atoms with Crippen LogP contribution in [0.25, 0.3) is 0 Å². The van der Waals surface area contributed by atoms with Gasteiger partial charge in [0.2, 0.25) is 0 Å². The summed E-state index contributed by atoms with van der Waals surface area (Å²) in [5.74, 6) is 5.97. The number of hydrogen-bond donors (Lipinski definition) is 1. The van der Waals surface area contributed by atoms with Gasteiger partial charge in [0, 0.05) is 12.8 Å². The predicted molar refractivity (Wildman–Crippen MR) is 47.7 cm³/mol. The lowest BCUT2D eigenvalue weighted by Gasteiger charge is -2.04. The maximum absolute atomic E-state index is 9.32. The molecule has 1 saturated heterocycles. The molecule has 1 aliphatic heterocycles. The minimum absolute atomic E-state index is 0.221. The molecule has 0 aromatic carbocycles. The normalized spacial score (nSPS) is 28.2. The molecule has 1 aliphatic rings. The van der Waals surface area contributed by atoms with Crippen LogP contribution < -0.4 is 0 Å². The Labute approximate surface area is 73.9 Å². The van der Waals surface area contributed by atoms with E-state index in [0.29, 0.717) is 6.61 Å². The van der Waals surface area contributed by atoms with Crippen molar-refractivity contribution < 1.29 is 9.84 Å². The monoisotopic (exact) mass is 168 g/mol. The molecule has 2 heteroatoms. The Morgan fingerprint density at radius 3 is 3.00 bits per heavy atom. The van der Waals surface area contributed by atoms with Gasteiger partial charge in [-0.25, -0.2) is 0 Å². The molecule has 2 atom stereocenters. The zero-order valence-electron chi connectivity index (χ0n) is 7.55. The average Bonchev–Trinajstić information content (AvgIpc) is 2.46. The summed E-state index contributed by atoms with van der Waals surface area (Å²) in [5.41, 5.74) is 0. The molecule has 0 radical (unpaired) electrons. The van der Waals surface area contributed by atoms with E-state index in [-0.39, 0.29) is 12.2 Å². The molecule has 0 saturated carbocycles. The molecule has 0 unspecified atom stereocenters. The standard InChI is InChI=1S/C10H16O2/c1-2-3-4-5-6-10-9(11)7-8-12-10/h9-11H,2-4,7-8H2,1H3/t9-,10-/m0/s1. The number of ether oxygens (including phenoxy) is 1. The predicted octanol–water partition coefficient (Wildman–Crippen LogP) is 1.33. The number of hydrogen-bond acceptors (Lipinski definition) is 2. The van der Waals surface area contributed by atoms with Crippen molar-refractivity contribution >= 4 is 0 Å². The number of unbranched alkanes of at least 4 members (excludes halogenated alkanes) is 2. The van der Waals surface area contributed by atoms with Crippen molar-refractivity contribution in [3.63, 3.8) is 0 Å². The zero-order chi connectivity index (χ0) is 8.81. The van der Waals surface area contributed by atoms with Gasteiger partial charge in [0.15, 0.2) is 0 Å². The van der Waals surface area contributed by atoms with E-state index in [9.17, 15) is 5.11 Å². The SMILES string of the molecule is CCCCC#C[C@@H]1OCC[C@@H]1O. The van der Waals surface area contributed by atoms with Crippen molar-refractivity contribution in [3.8, 4) is 11.8 Å². The van der Waals surface area contributed by atoms with Gasteiger partial charge in [-0.05, 0) is 6.42 Å². The molecule has 0 spiro atoms. The first-order chi connectivity index (χ1) is 5.84. The molecule has 68 valence electrons. The second kappa shape index (κ2) is 5.18. The second-order valence-corrected chi connectivity index (χ2v) is 3.07. The third-order valence-electron chi connectivity index (χ3n) is 1.96. The van der Waals surface area contributed by atoms with Gasteiger partial charge >= 0.3 is 0 Å². The van der Waals surface area contributed by atoms with E-state index in [4.69, 9.17) is 4.74 Å². The smallest absolute Gasteiger partial charge is 0.144 e. The van der Waals surface area contributed by atoms with E-state index in [1.54, 1.807) is 0 Å². The lowest BCUT2D eigenvalue weighted by atomic mass is 10.2. The highest BCUT2D eigenvalue weighted by Crippen LogP contribution is 2.11. The van der Waals surface area contributed by atoms with Gasteiger partial charge in [0.25, 0.3) is 0 Å². The maximum Gasteiger partial charge on any atom is 0.144 e. The molecule has 1 heterocycles. The Morgan fingerprint density at radius 2 is 2.42 bits per heavy atom. The minimum atomic E-state index is -0.362. The van der Waals surface area contributed by atoms with E-state index in [2.05, 4.69) is 18.8 Å². The zero-order valence-corrected chi connectivity index (χ0v) is 7.55. The third kappa shape index (κ3) is 2.84. The number of aliphatic hydroxyl groups is 1. The molecule has 1 rings (SSSR count). The average molecular weight is 168 g/mol. The fourth-order valence-electron chi connectivity index (χ4n) is 1.15. The van der Waals surface area contributed by atoms with Crippen LogP contribution in [0.2, 0.25) is 0 Å².